The highest BCUT2D eigenvalue weighted by molar-refractivity contribution is 5.97. The van der Waals surface area contributed by atoms with Crippen molar-refractivity contribution in [3.8, 4) is 11.8 Å². The Bertz CT molecular complexity index is 2160. The van der Waals surface area contributed by atoms with E-state index in [0.29, 0.717) is 58.3 Å². The van der Waals surface area contributed by atoms with Gasteiger partial charge in [-0.25, -0.2) is 4.79 Å². The molecule has 16 nitrogen and oxygen atoms in total. The number of primary amides is 1. The summed E-state index contributed by atoms with van der Waals surface area (Å²) in [7, 11) is 0. The maximum absolute atomic E-state index is 14.4. The standard InChI is InChI=1S/C49H67N9O7/c1-4-23-57-24-13-11-20-40(44(60)30-36(28-35-16-6-5-7-17-35)48(64)55-41(46(52)62)21-10-12-22-50)54-47(63)33(2)27-43(59)42(29-37-31-53-39-19-9-8-18-38(37)39)56-49(65)58(26-15-14-25-57)32-45(61)34(3)51/h4-9,16-19,31,33-34,36,40-42,53H,1,10-13,20-30,32,50-51H2,2-3H3,(H2,52,62)(H,54,63)(H,55,64)(H,56,65)/t33-,34+,36+,40+,41+,42-/m1/s1. The third-order valence-electron chi connectivity index (χ3n) is 11.6. The van der Waals surface area contributed by atoms with Crippen LogP contribution in [0.1, 0.15) is 76.3 Å². The number of nitrogens with zero attached hydrogens (tertiary/aromatic N) is 2. The predicted octanol–water partition coefficient (Wildman–Crippen LogP) is 2.68. The molecule has 6 atom stereocenters. The van der Waals surface area contributed by atoms with E-state index in [4.69, 9.17) is 17.2 Å². The van der Waals surface area contributed by atoms with Crippen molar-refractivity contribution in [3.63, 3.8) is 0 Å². The number of unbranched alkanes of at least 4 members (excludes halogenated alkanes) is 1. The van der Waals surface area contributed by atoms with Crippen LogP contribution < -0.4 is 33.2 Å². The predicted molar refractivity (Wildman–Crippen MR) is 251 cm³/mol. The first-order valence-corrected chi connectivity index (χ1v) is 22.6. The fourth-order valence-electron chi connectivity index (χ4n) is 7.73. The van der Waals surface area contributed by atoms with E-state index in [2.05, 4.69) is 39.4 Å². The second kappa shape index (κ2) is 26.6. The summed E-state index contributed by atoms with van der Waals surface area (Å²) in [5.74, 6) is 1.34. The normalized spacial score (nSPS) is 19.8. The van der Waals surface area contributed by atoms with Gasteiger partial charge in [-0.3, -0.25) is 33.7 Å². The zero-order chi connectivity index (χ0) is 47.3. The van der Waals surface area contributed by atoms with Crippen LogP contribution in [0.3, 0.4) is 0 Å². The number of para-hydroxylation sites is 1. The van der Waals surface area contributed by atoms with Gasteiger partial charge < -0.3 is 43.0 Å². The van der Waals surface area contributed by atoms with Gasteiger partial charge in [-0.1, -0.05) is 73.4 Å². The minimum Gasteiger partial charge on any atom is -0.368 e. The number of H-pyrrole nitrogens is 1. The zero-order valence-electron chi connectivity index (χ0n) is 37.8. The molecular formula is C49H67N9O7. The molecule has 0 saturated carbocycles. The fraction of sp³-hybridized carbons (Fsp3) is 0.490. The van der Waals surface area contributed by atoms with Gasteiger partial charge in [0.25, 0.3) is 0 Å². The second-order valence-corrected chi connectivity index (χ2v) is 17.0. The first kappa shape index (κ1) is 51.5. The molecule has 3 aromatic rings. The van der Waals surface area contributed by atoms with Crippen LogP contribution in [0.25, 0.3) is 10.9 Å². The highest BCUT2D eigenvalue weighted by Crippen LogP contribution is 2.22. The maximum Gasteiger partial charge on any atom is 0.319 e. The van der Waals surface area contributed by atoms with Gasteiger partial charge in [0.15, 0.2) is 17.3 Å². The largest absolute Gasteiger partial charge is 0.368 e. The molecule has 1 aliphatic rings. The van der Waals surface area contributed by atoms with E-state index in [0.717, 1.165) is 22.0 Å². The first-order valence-electron chi connectivity index (χ1n) is 22.6. The van der Waals surface area contributed by atoms with Crippen molar-refractivity contribution in [1.29, 1.82) is 0 Å². The molecule has 16 heteroatoms. The number of Topliss-reactive ketones (excluding diaryl/α,β-unsaturated/α-hetero) is 3. The quantitative estimate of drug-likeness (QED) is 0.0526. The highest BCUT2D eigenvalue weighted by atomic mass is 16.2. The molecule has 4 rings (SSSR count). The Balaban J connectivity index is 1.65. The van der Waals surface area contributed by atoms with Crippen LogP contribution in [0.5, 0.6) is 0 Å². The number of nitrogens with two attached hydrogens (primary N) is 3. The highest BCUT2D eigenvalue weighted by Gasteiger charge is 2.33. The number of nitrogens with one attached hydrogen (secondary N) is 4. The fourth-order valence-corrected chi connectivity index (χ4v) is 7.73. The molecule has 0 unspecified atom stereocenters. The van der Waals surface area contributed by atoms with Crippen molar-refractivity contribution in [2.45, 2.75) is 102 Å². The average molecular weight is 894 g/mol. The molecule has 10 N–H and O–H groups in total. The number of aromatic nitrogens is 1. The number of carbonyl (C=O) groups excluding carboxylic acids is 7. The van der Waals surface area contributed by atoms with Gasteiger partial charge in [0.05, 0.1) is 37.8 Å². The zero-order valence-corrected chi connectivity index (χ0v) is 37.8. The average Bonchev–Trinajstić information content (AvgIpc) is 3.69. The molecule has 0 radical (unpaired) electrons. The maximum atomic E-state index is 14.4. The van der Waals surface area contributed by atoms with Crippen LogP contribution in [0.4, 0.5) is 4.79 Å². The molecule has 0 fully saturated rings. The molecule has 0 bridgehead atoms. The number of ketones is 3. The Morgan fingerprint density at radius 1 is 0.985 bits per heavy atom. The summed E-state index contributed by atoms with van der Waals surface area (Å²) in [4.78, 5) is 102. The van der Waals surface area contributed by atoms with Crippen LogP contribution in [0.2, 0.25) is 0 Å². The molecule has 65 heavy (non-hydrogen) atoms. The lowest BCUT2D eigenvalue weighted by Crippen LogP contribution is -2.52. The lowest BCUT2D eigenvalue weighted by molar-refractivity contribution is -0.134. The Kier molecular flexibility index (Phi) is 21.1. The van der Waals surface area contributed by atoms with Crippen molar-refractivity contribution in [2.75, 3.05) is 39.3 Å². The molecule has 0 spiro atoms. The summed E-state index contributed by atoms with van der Waals surface area (Å²) in [5, 5.41) is 9.37. The van der Waals surface area contributed by atoms with Crippen molar-refractivity contribution < 1.29 is 33.6 Å². The number of benzene rings is 2. The molecule has 350 valence electrons. The lowest BCUT2D eigenvalue weighted by atomic mass is 9.89. The molecule has 1 aliphatic heterocycles. The Hall–Kier alpha value is -6.15. The van der Waals surface area contributed by atoms with Gasteiger partial charge in [-0.2, -0.15) is 0 Å². The third-order valence-corrected chi connectivity index (χ3v) is 11.6. The number of hydrogen-bond donors (Lipinski definition) is 7. The smallest absolute Gasteiger partial charge is 0.319 e. The summed E-state index contributed by atoms with van der Waals surface area (Å²) >= 11 is 0. The number of urea groups is 1. The van der Waals surface area contributed by atoms with Crippen LogP contribution in [-0.4, -0.2) is 119 Å². The number of amides is 5. The Labute approximate surface area is 382 Å². The number of rotatable bonds is 19. The van der Waals surface area contributed by atoms with Crippen LogP contribution in [0, 0.1) is 23.7 Å². The first-order chi connectivity index (χ1) is 31.2. The molecule has 1 aromatic heterocycles. The second-order valence-electron chi connectivity index (χ2n) is 17.0. The van der Waals surface area contributed by atoms with Crippen molar-refractivity contribution in [2.24, 2.45) is 29.0 Å². The van der Waals surface area contributed by atoms with E-state index in [-0.39, 0.29) is 56.8 Å². The Morgan fingerprint density at radius 3 is 2.42 bits per heavy atom. The minimum absolute atomic E-state index is 0.0792. The summed E-state index contributed by atoms with van der Waals surface area (Å²) in [6, 6.07) is 12.1. The molecule has 5 amide bonds. The lowest BCUT2D eigenvalue weighted by Gasteiger charge is -2.26. The van der Waals surface area contributed by atoms with E-state index in [1.165, 1.54) is 11.8 Å². The summed E-state index contributed by atoms with van der Waals surface area (Å²) in [6.07, 6.45) is 6.16. The topological polar surface area (TPSA) is 256 Å². The van der Waals surface area contributed by atoms with Crippen molar-refractivity contribution in [3.05, 3.63) is 84.6 Å². The summed E-state index contributed by atoms with van der Waals surface area (Å²) in [5.41, 5.74) is 19.6. The SMILES string of the molecule is C=CCN1CC#CCN(CC(=O)[C@H](C)N)C(=O)N[C@H](Cc2c[nH]c3ccccc23)C(=O)C[C@@H](C)C(=O)N[C@H](C(=O)C[C@H](Cc2ccccc2)C(=O)N[C@@H](CCCCN)C(N)=O)CCCC1. The van der Waals surface area contributed by atoms with E-state index in [9.17, 15) is 33.6 Å². The van der Waals surface area contributed by atoms with E-state index in [1.54, 1.807) is 19.2 Å². The molecular weight excluding hydrogens is 827 g/mol. The van der Waals surface area contributed by atoms with E-state index in [1.807, 2.05) is 59.5 Å². The molecule has 0 saturated heterocycles. The van der Waals surface area contributed by atoms with Crippen molar-refractivity contribution >= 4 is 52.0 Å². The number of hydrogen-bond acceptors (Lipinski definition) is 10. The number of aromatic amines is 1. The minimum atomic E-state index is -1.11. The summed E-state index contributed by atoms with van der Waals surface area (Å²) < 4.78 is 0. The van der Waals surface area contributed by atoms with E-state index < -0.39 is 65.5 Å². The van der Waals surface area contributed by atoms with E-state index >= 15 is 0 Å². The number of carbonyl (C=O) groups is 7. The monoisotopic (exact) mass is 894 g/mol. The van der Waals surface area contributed by atoms with Crippen molar-refractivity contribution in [1.82, 2.24) is 30.7 Å². The van der Waals surface area contributed by atoms with Gasteiger partial charge >= 0.3 is 6.03 Å². The van der Waals surface area contributed by atoms with Crippen LogP contribution >= 0.6 is 0 Å². The van der Waals surface area contributed by atoms with Gasteiger partial charge in [0.2, 0.25) is 17.7 Å². The van der Waals surface area contributed by atoms with Crippen LogP contribution in [0.15, 0.2) is 73.4 Å². The molecule has 2 aromatic carbocycles. The summed E-state index contributed by atoms with van der Waals surface area (Å²) in [6.45, 7) is 8.36. The molecule has 0 aliphatic carbocycles. The van der Waals surface area contributed by atoms with Gasteiger partial charge in [-0.05, 0) is 82.2 Å². The Morgan fingerprint density at radius 2 is 1.71 bits per heavy atom. The van der Waals surface area contributed by atoms with Gasteiger partial charge in [0.1, 0.15) is 6.04 Å². The molecule has 2 heterocycles. The van der Waals surface area contributed by atoms with Gasteiger partial charge in [0, 0.05) is 54.7 Å². The number of fused-ring (bicyclic) bond motifs is 1. The van der Waals surface area contributed by atoms with Crippen LogP contribution in [-0.2, 0) is 41.6 Å². The third kappa shape index (κ3) is 16.7. The van der Waals surface area contributed by atoms with Gasteiger partial charge in [-0.15, -0.1) is 6.58 Å².